The summed E-state index contributed by atoms with van der Waals surface area (Å²) in [4.78, 5) is 1.30. The summed E-state index contributed by atoms with van der Waals surface area (Å²) >= 11 is 1.86. The average molecular weight is 275 g/mol. The summed E-state index contributed by atoms with van der Waals surface area (Å²) < 4.78 is 13.3. The average Bonchev–Trinajstić information content (AvgIpc) is 2.45. The van der Waals surface area contributed by atoms with Gasteiger partial charge >= 0.3 is 0 Å². The molecule has 0 radical (unpaired) electrons. The summed E-state index contributed by atoms with van der Waals surface area (Å²) in [6.07, 6.45) is 1.08. The zero-order valence-corrected chi connectivity index (χ0v) is 11.6. The van der Waals surface area contributed by atoms with Gasteiger partial charge in [0.05, 0.1) is 0 Å². The maximum atomic E-state index is 13.3. The molecule has 0 bridgehead atoms. The van der Waals surface area contributed by atoms with E-state index in [2.05, 4.69) is 29.6 Å². The molecule has 0 amide bonds. The van der Waals surface area contributed by atoms with Crippen LogP contribution in [0.5, 0.6) is 0 Å². The fourth-order valence-electron chi connectivity index (χ4n) is 1.77. The molecule has 0 fully saturated rings. The van der Waals surface area contributed by atoms with E-state index in [0.717, 1.165) is 24.3 Å². The minimum atomic E-state index is -0.131. The lowest BCUT2D eigenvalue weighted by Crippen LogP contribution is -2.16. The predicted octanol–water partition coefficient (Wildman–Crippen LogP) is 4.10. The molecule has 3 heteroatoms. The van der Waals surface area contributed by atoms with Crippen LogP contribution in [0.3, 0.4) is 0 Å². The fraction of sp³-hybridized carbons (Fsp3) is 0.250. The molecule has 0 saturated heterocycles. The molecule has 0 saturated carbocycles. The Bertz CT molecular complexity index is 487. The van der Waals surface area contributed by atoms with Gasteiger partial charge in [-0.25, -0.2) is 4.39 Å². The Kier molecular flexibility index (Phi) is 5.92. The summed E-state index contributed by atoms with van der Waals surface area (Å²) in [5.74, 6) is 0.947. The van der Waals surface area contributed by atoms with E-state index in [4.69, 9.17) is 0 Å². The van der Waals surface area contributed by atoms with E-state index >= 15 is 0 Å². The van der Waals surface area contributed by atoms with Crippen molar-refractivity contribution in [2.24, 2.45) is 0 Å². The SMILES string of the molecule is Fc1ccccc1CNCCCSc1ccccc1. The molecule has 2 aromatic carbocycles. The standard InChI is InChI=1S/C16H18FNS/c17-16-10-5-4-7-14(16)13-18-11-6-12-19-15-8-2-1-3-9-15/h1-5,7-10,18H,6,11-13H2. The first-order chi connectivity index (χ1) is 9.36. The summed E-state index contributed by atoms with van der Waals surface area (Å²) in [5, 5.41) is 3.28. The van der Waals surface area contributed by atoms with Crippen LogP contribution in [0.4, 0.5) is 4.39 Å². The minimum Gasteiger partial charge on any atom is -0.313 e. The van der Waals surface area contributed by atoms with Crippen LogP contribution in [-0.4, -0.2) is 12.3 Å². The third-order valence-corrected chi connectivity index (χ3v) is 3.88. The molecule has 0 heterocycles. The lowest BCUT2D eigenvalue weighted by atomic mass is 10.2. The van der Waals surface area contributed by atoms with Crippen LogP contribution in [-0.2, 0) is 6.54 Å². The molecule has 0 aliphatic rings. The zero-order chi connectivity index (χ0) is 13.3. The molecule has 2 rings (SSSR count). The van der Waals surface area contributed by atoms with Gasteiger partial charge in [-0.1, -0.05) is 36.4 Å². The van der Waals surface area contributed by atoms with Gasteiger partial charge < -0.3 is 5.32 Å². The van der Waals surface area contributed by atoms with Crippen molar-refractivity contribution in [3.63, 3.8) is 0 Å². The Balaban J connectivity index is 1.59. The molecular weight excluding hydrogens is 257 g/mol. The highest BCUT2D eigenvalue weighted by Crippen LogP contribution is 2.17. The van der Waals surface area contributed by atoms with E-state index in [1.165, 1.54) is 11.0 Å². The third kappa shape index (κ3) is 5.05. The highest BCUT2D eigenvalue weighted by molar-refractivity contribution is 7.99. The Morgan fingerprint density at radius 3 is 2.47 bits per heavy atom. The minimum absolute atomic E-state index is 0.131. The van der Waals surface area contributed by atoms with Crippen LogP contribution in [0.25, 0.3) is 0 Å². The summed E-state index contributed by atoms with van der Waals surface area (Å²) in [7, 11) is 0. The number of benzene rings is 2. The molecule has 1 N–H and O–H groups in total. The molecule has 1 nitrogen and oxygen atoms in total. The topological polar surface area (TPSA) is 12.0 Å². The second-order valence-corrected chi connectivity index (χ2v) is 5.45. The highest BCUT2D eigenvalue weighted by atomic mass is 32.2. The number of nitrogens with one attached hydrogen (secondary N) is 1. The van der Waals surface area contributed by atoms with E-state index in [9.17, 15) is 4.39 Å². The lowest BCUT2D eigenvalue weighted by molar-refractivity contribution is 0.587. The van der Waals surface area contributed by atoms with E-state index in [1.54, 1.807) is 6.07 Å². The van der Waals surface area contributed by atoms with Crippen LogP contribution >= 0.6 is 11.8 Å². The molecule has 0 aromatic heterocycles. The maximum absolute atomic E-state index is 13.3. The zero-order valence-electron chi connectivity index (χ0n) is 10.8. The molecule has 0 unspecified atom stereocenters. The van der Waals surface area contributed by atoms with Gasteiger partial charge in [0, 0.05) is 17.0 Å². The third-order valence-electron chi connectivity index (χ3n) is 2.78. The van der Waals surface area contributed by atoms with Crippen molar-refractivity contribution in [1.29, 1.82) is 0 Å². The first-order valence-corrected chi connectivity index (χ1v) is 7.47. The highest BCUT2D eigenvalue weighted by Gasteiger charge is 1.99. The van der Waals surface area contributed by atoms with Crippen molar-refractivity contribution in [1.82, 2.24) is 5.32 Å². The van der Waals surface area contributed by atoms with Crippen LogP contribution in [0.15, 0.2) is 59.5 Å². The van der Waals surface area contributed by atoms with Gasteiger partial charge in [0.1, 0.15) is 5.82 Å². The van der Waals surface area contributed by atoms with Gasteiger partial charge in [-0.15, -0.1) is 11.8 Å². The number of thioether (sulfide) groups is 1. The molecular formula is C16H18FNS. The molecule has 0 aliphatic carbocycles. The molecule has 0 aliphatic heterocycles. The smallest absolute Gasteiger partial charge is 0.127 e. The van der Waals surface area contributed by atoms with Crippen molar-refractivity contribution in [3.05, 3.63) is 66.0 Å². The van der Waals surface area contributed by atoms with Gasteiger partial charge in [-0.3, -0.25) is 0 Å². The summed E-state index contributed by atoms with van der Waals surface area (Å²) in [5.41, 5.74) is 0.734. The Labute approximate surface area is 118 Å². The van der Waals surface area contributed by atoms with Crippen LogP contribution in [0.2, 0.25) is 0 Å². The first-order valence-electron chi connectivity index (χ1n) is 6.48. The Morgan fingerprint density at radius 2 is 1.68 bits per heavy atom. The largest absolute Gasteiger partial charge is 0.313 e. The Hall–Kier alpha value is -1.32. The van der Waals surface area contributed by atoms with Crippen LogP contribution in [0.1, 0.15) is 12.0 Å². The van der Waals surface area contributed by atoms with Gasteiger partial charge in [-0.2, -0.15) is 0 Å². The Morgan fingerprint density at radius 1 is 0.947 bits per heavy atom. The second kappa shape index (κ2) is 7.97. The van der Waals surface area contributed by atoms with Crippen molar-refractivity contribution in [3.8, 4) is 0 Å². The number of hydrogen-bond acceptors (Lipinski definition) is 2. The van der Waals surface area contributed by atoms with Gasteiger partial charge in [0.15, 0.2) is 0 Å². The first kappa shape index (κ1) is 14.1. The lowest BCUT2D eigenvalue weighted by Gasteiger charge is -2.06. The molecule has 2 aromatic rings. The molecule has 0 spiro atoms. The normalized spacial score (nSPS) is 10.6. The second-order valence-electron chi connectivity index (χ2n) is 4.28. The van der Waals surface area contributed by atoms with Gasteiger partial charge in [0.25, 0.3) is 0 Å². The van der Waals surface area contributed by atoms with Gasteiger partial charge in [-0.05, 0) is 36.9 Å². The van der Waals surface area contributed by atoms with Crippen LogP contribution in [0, 0.1) is 5.82 Å². The number of rotatable bonds is 7. The monoisotopic (exact) mass is 275 g/mol. The summed E-state index contributed by atoms with van der Waals surface area (Å²) in [6.45, 7) is 1.51. The molecule has 0 atom stereocenters. The number of halogens is 1. The quantitative estimate of drug-likeness (QED) is 0.603. The van der Waals surface area contributed by atoms with Crippen molar-refractivity contribution in [2.75, 3.05) is 12.3 Å². The molecule has 100 valence electrons. The predicted molar refractivity (Wildman–Crippen MR) is 79.9 cm³/mol. The fourth-order valence-corrected chi connectivity index (χ4v) is 2.64. The van der Waals surface area contributed by atoms with E-state index in [0.29, 0.717) is 6.54 Å². The van der Waals surface area contributed by atoms with Crippen molar-refractivity contribution in [2.45, 2.75) is 17.9 Å². The number of hydrogen-bond donors (Lipinski definition) is 1. The van der Waals surface area contributed by atoms with Crippen molar-refractivity contribution < 1.29 is 4.39 Å². The van der Waals surface area contributed by atoms with E-state index < -0.39 is 0 Å². The molecule has 19 heavy (non-hydrogen) atoms. The maximum Gasteiger partial charge on any atom is 0.127 e. The van der Waals surface area contributed by atoms with Gasteiger partial charge in [0.2, 0.25) is 0 Å². The summed E-state index contributed by atoms with van der Waals surface area (Å²) in [6, 6.07) is 17.3. The van der Waals surface area contributed by atoms with E-state index in [-0.39, 0.29) is 5.82 Å². The van der Waals surface area contributed by atoms with E-state index in [1.807, 2.05) is 30.0 Å². The van der Waals surface area contributed by atoms with Crippen LogP contribution < -0.4 is 5.32 Å². The van der Waals surface area contributed by atoms with Crippen molar-refractivity contribution >= 4 is 11.8 Å².